The third-order valence-corrected chi connectivity index (χ3v) is 1.45. The Bertz CT molecular complexity index is 474. The average molecular weight is 191 g/mol. The van der Waals surface area contributed by atoms with E-state index in [1.807, 2.05) is 0 Å². The fourth-order valence-electron chi connectivity index (χ4n) is 0.610. The molecule has 1 aromatic heterocycles. The monoisotopic (exact) mass is 190 g/mol. The molecule has 0 radical (unpaired) electrons. The summed E-state index contributed by atoms with van der Waals surface area (Å²) in [5.74, 6) is -1.03. The molecule has 0 atom stereocenters. The molecular formula is C8H8ClNO2. The molecule has 3 nitrogen and oxygen atoms in total. The number of methoxy groups -OCH3 is 1. The molecule has 1 rings (SSSR count). The lowest BCUT2D eigenvalue weighted by Crippen LogP contribution is -2.04. The van der Waals surface area contributed by atoms with Gasteiger partial charge in [0.1, 0.15) is 5.15 Å². The fourth-order valence-corrected chi connectivity index (χ4v) is 0.746. The number of carbonyl (C=O) groups is 1. The van der Waals surface area contributed by atoms with Gasteiger partial charge in [-0.1, -0.05) is 11.6 Å². The molecule has 0 aromatic carbocycles. The van der Waals surface area contributed by atoms with Crippen molar-refractivity contribution in [1.29, 1.82) is 0 Å². The smallest absolute Gasteiger partial charge is 0.338 e. The van der Waals surface area contributed by atoms with Crippen molar-refractivity contribution in [3.8, 4) is 0 Å². The van der Waals surface area contributed by atoms with Crippen LogP contribution in [0.2, 0.25) is 5.15 Å². The zero-order valence-corrected chi connectivity index (χ0v) is 6.90. The van der Waals surface area contributed by atoms with Crippen molar-refractivity contribution in [1.82, 2.24) is 4.98 Å². The summed E-state index contributed by atoms with van der Waals surface area (Å²) in [4.78, 5) is 14.8. The normalized spacial score (nSPS) is 16.7. The van der Waals surface area contributed by atoms with Gasteiger partial charge in [0, 0.05) is 15.8 Å². The molecule has 0 saturated carbocycles. The van der Waals surface area contributed by atoms with Crippen molar-refractivity contribution in [3.63, 3.8) is 0 Å². The molecule has 0 aliphatic rings. The second-order valence-electron chi connectivity index (χ2n) is 1.88. The van der Waals surface area contributed by atoms with Crippen LogP contribution in [0.1, 0.15) is 22.8 Å². The predicted octanol–water partition coefficient (Wildman–Crippen LogP) is 1.83. The topological polar surface area (TPSA) is 39.2 Å². The third-order valence-electron chi connectivity index (χ3n) is 1.18. The van der Waals surface area contributed by atoms with Crippen molar-refractivity contribution in [2.24, 2.45) is 0 Å². The van der Waals surface area contributed by atoms with Crippen molar-refractivity contribution < 1.29 is 16.4 Å². The van der Waals surface area contributed by atoms with Gasteiger partial charge >= 0.3 is 5.97 Å². The molecule has 64 valence electrons. The molecule has 0 bridgehead atoms. The molecule has 0 fully saturated rings. The second kappa shape index (κ2) is 3.54. The summed E-state index contributed by atoms with van der Waals surface area (Å²) < 4.78 is 40.9. The summed E-state index contributed by atoms with van der Waals surface area (Å²) >= 11 is 5.61. The fraction of sp³-hybridized carbons (Fsp3) is 0.250. The van der Waals surface area contributed by atoms with Crippen LogP contribution in [0.4, 0.5) is 0 Å². The minimum atomic E-state index is -2.71. The van der Waals surface area contributed by atoms with E-state index in [9.17, 15) is 4.79 Å². The van der Waals surface area contributed by atoms with Crippen LogP contribution >= 0.6 is 11.6 Å². The highest BCUT2D eigenvalue weighted by Gasteiger charge is 2.10. The Balaban J connectivity index is 3.68. The van der Waals surface area contributed by atoms with E-state index >= 15 is 0 Å². The van der Waals surface area contributed by atoms with Gasteiger partial charge in [-0.15, -0.1) is 0 Å². The van der Waals surface area contributed by atoms with Crippen LogP contribution in [-0.2, 0) is 4.74 Å². The van der Waals surface area contributed by atoms with Gasteiger partial charge in [0.2, 0.25) is 0 Å². The summed E-state index contributed by atoms with van der Waals surface area (Å²) in [6.07, 6.45) is -0.580. The lowest BCUT2D eigenvalue weighted by atomic mass is 10.2. The van der Waals surface area contributed by atoms with Crippen molar-refractivity contribution >= 4 is 17.6 Å². The average Bonchev–Trinajstić information content (AvgIpc) is 2.19. The van der Waals surface area contributed by atoms with Crippen LogP contribution in [0, 0.1) is 6.85 Å². The van der Waals surface area contributed by atoms with E-state index in [1.165, 1.54) is 0 Å². The predicted molar refractivity (Wildman–Crippen MR) is 45.3 cm³/mol. The molecule has 1 heterocycles. The van der Waals surface area contributed by atoms with Gasteiger partial charge < -0.3 is 4.74 Å². The van der Waals surface area contributed by atoms with Gasteiger partial charge in [-0.3, -0.25) is 0 Å². The number of pyridine rings is 1. The molecule has 0 aliphatic heterocycles. The molecule has 4 heteroatoms. The minimum absolute atomic E-state index is 0.494. The van der Waals surface area contributed by atoms with E-state index in [0.717, 1.165) is 7.11 Å². The van der Waals surface area contributed by atoms with Crippen molar-refractivity contribution in [2.45, 2.75) is 6.85 Å². The van der Waals surface area contributed by atoms with E-state index in [0.29, 0.717) is 0 Å². The number of nitrogens with zero attached hydrogens (tertiary/aromatic N) is 1. The molecule has 0 N–H and O–H groups in total. The second-order valence-corrected chi connectivity index (χ2v) is 2.24. The first-order valence-corrected chi connectivity index (χ1v) is 3.33. The molecule has 0 aliphatic carbocycles. The molecule has 1 aromatic rings. The van der Waals surface area contributed by atoms with Crippen LogP contribution < -0.4 is 0 Å². The summed E-state index contributed by atoms with van der Waals surface area (Å²) in [6.45, 7) is -2.71. The molecule has 0 saturated heterocycles. The van der Waals surface area contributed by atoms with E-state index in [2.05, 4.69) is 9.72 Å². The summed E-state index contributed by atoms with van der Waals surface area (Å²) in [5.41, 5.74) is -1.11. The number of hydrogen-bond acceptors (Lipinski definition) is 3. The van der Waals surface area contributed by atoms with Gasteiger partial charge in [0.05, 0.1) is 15.4 Å². The van der Waals surface area contributed by atoms with Crippen LogP contribution in [-0.4, -0.2) is 18.1 Å². The Morgan fingerprint density at radius 1 is 1.92 bits per heavy atom. The van der Waals surface area contributed by atoms with Crippen molar-refractivity contribution in [3.05, 3.63) is 28.5 Å². The number of hydrogen-bond donors (Lipinski definition) is 0. The van der Waals surface area contributed by atoms with Gasteiger partial charge in [0.25, 0.3) is 0 Å². The highest BCUT2D eigenvalue weighted by atomic mass is 35.5. The molecular weight excluding hydrogens is 178 g/mol. The maximum atomic E-state index is 11.4. The largest absolute Gasteiger partial charge is 0.465 e. The first-order valence-electron chi connectivity index (χ1n) is 5.45. The number of carbonyl (C=O) groups excluding carboxylic acids is 1. The van der Waals surface area contributed by atoms with Crippen LogP contribution in [0.5, 0.6) is 0 Å². The molecule has 0 spiro atoms. The van der Waals surface area contributed by atoms with Crippen LogP contribution in [0.3, 0.4) is 0 Å². The van der Waals surface area contributed by atoms with E-state index < -0.39 is 41.3 Å². The van der Waals surface area contributed by atoms with Crippen LogP contribution in [0.15, 0.2) is 12.2 Å². The maximum absolute atomic E-state index is 11.4. The third kappa shape index (κ3) is 1.56. The summed E-state index contributed by atoms with van der Waals surface area (Å²) in [5, 5.41) is -0.494. The summed E-state index contributed by atoms with van der Waals surface area (Å²) in [6, 6.07) is -0.618. The lowest BCUT2D eigenvalue weighted by Gasteiger charge is -2.03. The maximum Gasteiger partial charge on any atom is 0.338 e. The number of ether oxygens (including phenoxy) is 1. The Labute approximate surface area is 82.3 Å². The van der Waals surface area contributed by atoms with E-state index in [1.54, 1.807) is 0 Å². The molecule has 12 heavy (non-hydrogen) atoms. The number of esters is 1. The SMILES string of the molecule is [2H]c1nc(Cl)c(C([2H])([2H])[2H])c(C(=O)OC)c1[2H]. The zero-order chi connectivity index (χ0) is 13.4. The zero-order valence-electron chi connectivity index (χ0n) is 11.1. The Morgan fingerprint density at radius 3 is 3.25 bits per heavy atom. The van der Waals surface area contributed by atoms with Gasteiger partial charge in [-0.2, -0.15) is 0 Å². The minimum Gasteiger partial charge on any atom is -0.465 e. The molecule has 0 amide bonds. The quantitative estimate of drug-likeness (QED) is 0.501. The standard InChI is InChI=1S/C8H8ClNO2/c1-5-6(8(11)12-2)3-4-10-7(5)9/h3-4H,1-2H3/i1D3,3D,4D. The first-order chi connectivity index (χ1) is 7.70. The lowest BCUT2D eigenvalue weighted by molar-refractivity contribution is 0.0600. The van der Waals surface area contributed by atoms with Crippen LogP contribution in [0.25, 0.3) is 0 Å². The Hall–Kier alpha value is -1.09. The number of rotatable bonds is 1. The van der Waals surface area contributed by atoms with Gasteiger partial charge in [-0.05, 0) is 12.9 Å². The van der Waals surface area contributed by atoms with Gasteiger partial charge in [-0.25, -0.2) is 9.78 Å². The molecule has 0 unspecified atom stereocenters. The number of aromatic nitrogens is 1. The number of halogens is 1. The Morgan fingerprint density at radius 2 is 2.67 bits per heavy atom. The van der Waals surface area contributed by atoms with Crippen molar-refractivity contribution in [2.75, 3.05) is 7.11 Å². The Kier molecular flexibility index (Phi) is 1.25. The summed E-state index contributed by atoms with van der Waals surface area (Å²) in [7, 11) is 1.04. The van der Waals surface area contributed by atoms with E-state index in [-0.39, 0.29) is 0 Å². The highest BCUT2D eigenvalue weighted by molar-refractivity contribution is 6.30. The highest BCUT2D eigenvalue weighted by Crippen LogP contribution is 2.16. The van der Waals surface area contributed by atoms with Gasteiger partial charge in [0.15, 0.2) is 0 Å². The first kappa shape index (κ1) is 4.23. The van der Waals surface area contributed by atoms with E-state index in [4.69, 9.17) is 18.5 Å².